The molecule has 0 aromatic rings. The van der Waals surface area contributed by atoms with Gasteiger partial charge in [0.25, 0.3) is 0 Å². The Morgan fingerprint density at radius 1 is 1.67 bits per heavy atom. The molecule has 0 saturated heterocycles. The van der Waals surface area contributed by atoms with E-state index in [9.17, 15) is 9.59 Å². The first kappa shape index (κ1) is 8.77. The van der Waals surface area contributed by atoms with Gasteiger partial charge in [0.1, 0.15) is 0 Å². The molecule has 0 saturated carbocycles. The molecule has 0 heterocycles. The molecule has 0 amide bonds. The third-order valence-electron chi connectivity index (χ3n) is 1.77. The Hall–Kier alpha value is -1.32. The number of hydrogen-bond donors (Lipinski definition) is 1. The molecule has 0 aliphatic heterocycles. The summed E-state index contributed by atoms with van der Waals surface area (Å²) in [7, 11) is 1.27. The number of aliphatic hydroxyl groups excluding tert-OH is 1. The number of rotatable bonds is 1. The second-order valence-corrected chi connectivity index (χ2v) is 2.73. The molecular formula is C8H10O4. The van der Waals surface area contributed by atoms with Gasteiger partial charge in [0.05, 0.1) is 18.8 Å². The van der Waals surface area contributed by atoms with Gasteiger partial charge in [-0.1, -0.05) is 0 Å². The molecule has 4 nitrogen and oxygen atoms in total. The second-order valence-electron chi connectivity index (χ2n) is 2.73. The van der Waals surface area contributed by atoms with Gasteiger partial charge >= 0.3 is 5.97 Å². The van der Waals surface area contributed by atoms with Crippen LogP contribution in [0, 0.1) is 5.92 Å². The summed E-state index contributed by atoms with van der Waals surface area (Å²) in [6.45, 7) is 0. The predicted molar refractivity (Wildman–Crippen MR) is 40.5 cm³/mol. The average molecular weight is 170 g/mol. The highest BCUT2D eigenvalue weighted by Gasteiger charge is 2.27. The third-order valence-corrected chi connectivity index (χ3v) is 1.77. The summed E-state index contributed by atoms with van der Waals surface area (Å²) in [5.74, 6) is -1.22. The normalized spacial score (nSPS) is 23.2. The lowest BCUT2D eigenvalue weighted by molar-refractivity contribution is -0.147. The van der Waals surface area contributed by atoms with E-state index in [1.165, 1.54) is 7.11 Å². The zero-order chi connectivity index (χ0) is 9.14. The van der Waals surface area contributed by atoms with Crippen LogP contribution in [0.3, 0.4) is 0 Å². The monoisotopic (exact) mass is 170 g/mol. The molecule has 0 radical (unpaired) electrons. The lowest BCUT2D eigenvalue weighted by atomic mass is 9.92. The number of methoxy groups -OCH3 is 1. The summed E-state index contributed by atoms with van der Waals surface area (Å²) in [5, 5.41) is 9.03. The van der Waals surface area contributed by atoms with Crippen LogP contribution in [0.5, 0.6) is 0 Å². The van der Waals surface area contributed by atoms with Gasteiger partial charge in [-0.25, -0.2) is 0 Å². The standard InChI is InChI=1S/C8H10O4/c1-12-8(11)5-2-6(9)4-7(10)3-5/h4-5,9H,2-3H2,1H3/t5-/m0/s1. The van der Waals surface area contributed by atoms with Crippen LogP contribution >= 0.6 is 0 Å². The predicted octanol–water partition coefficient (Wildman–Crippen LogP) is 0.580. The van der Waals surface area contributed by atoms with Gasteiger partial charge in [-0.2, -0.15) is 0 Å². The van der Waals surface area contributed by atoms with Gasteiger partial charge in [-0.05, 0) is 0 Å². The Bertz CT molecular complexity index is 241. The topological polar surface area (TPSA) is 63.6 Å². The maximum atomic E-state index is 10.9. The first-order chi connectivity index (χ1) is 5.63. The van der Waals surface area contributed by atoms with Crippen LogP contribution < -0.4 is 0 Å². The molecule has 1 aliphatic carbocycles. The Morgan fingerprint density at radius 3 is 2.83 bits per heavy atom. The summed E-state index contributed by atoms with van der Waals surface area (Å²) in [6, 6.07) is 0. The van der Waals surface area contributed by atoms with Crippen molar-refractivity contribution in [2.24, 2.45) is 5.92 Å². The Kier molecular flexibility index (Phi) is 2.47. The average Bonchev–Trinajstić information content (AvgIpc) is 2.01. The molecule has 1 aliphatic rings. The summed E-state index contributed by atoms with van der Waals surface area (Å²) in [5.41, 5.74) is 0. The van der Waals surface area contributed by atoms with Gasteiger partial charge in [0, 0.05) is 18.9 Å². The van der Waals surface area contributed by atoms with E-state index in [0.717, 1.165) is 6.08 Å². The molecule has 0 aromatic carbocycles. The van der Waals surface area contributed by atoms with E-state index in [2.05, 4.69) is 4.74 Å². The minimum absolute atomic E-state index is 0.0401. The van der Waals surface area contributed by atoms with E-state index in [1.54, 1.807) is 0 Å². The zero-order valence-corrected chi connectivity index (χ0v) is 6.74. The van der Waals surface area contributed by atoms with Crippen molar-refractivity contribution in [3.05, 3.63) is 11.8 Å². The fourth-order valence-corrected chi connectivity index (χ4v) is 1.20. The molecule has 0 fully saturated rings. The van der Waals surface area contributed by atoms with Crippen LogP contribution in [-0.4, -0.2) is 24.0 Å². The molecule has 1 atom stereocenters. The van der Waals surface area contributed by atoms with Crippen LogP contribution in [0.1, 0.15) is 12.8 Å². The van der Waals surface area contributed by atoms with E-state index >= 15 is 0 Å². The van der Waals surface area contributed by atoms with E-state index < -0.39 is 11.9 Å². The summed E-state index contributed by atoms with van der Waals surface area (Å²) >= 11 is 0. The number of carbonyl (C=O) groups is 2. The Morgan fingerprint density at radius 2 is 2.33 bits per heavy atom. The fourth-order valence-electron chi connectivity index (χ4n) is 1.20. The summed E-state index contributed by atoms with van der Waals surface area (Å²) < 4.78 is 4.46. The molecule has 1 rings (SSSR count). The number of esters is 1. The van der Waals surface area contributed by atoms with Crippen LogP contribution in [0.4, 0.5) is 0 Å². The maximum absolute atomic E-state index is 10.9. The van der Waals surface area contributed by atoms with Crippen molar-refractivity contribution in [3.63, 3.8) is 0 Å². The van der Waals surface area contributed by atoms with Crippen molar-refractivity contribution >= 4 is 11.8 Å². The molecule has 0 unspecified atom stereocenters. The van der Waals surface area contributed by atoms with Crippen molar-refractivity contribution in [2.75, 3.05) is 7.11 Å². The van der Waals surface area contributed by atoms with Crippen LogP contribution in [0.2, 0.25) is 0 Å². The second kappa shape index (κ2) is 3.38. The van der Waals surface area contributed by atoms with Gasteiger partial charge < -0.3 is 9.84 Å². The summed E-state index contributed by atoms with van der Waals surface area (Å²) in [6.07, 6.45) is 1.49. The molecule has 4 heteroatoms. The van der Waals surface area contributed by atoms with Crippen molar-refractivity contribution < 1.29 is 19.4 Å². The molecule has 12 heavy (non-hydrogen) atoms. The SMILES string of the molecule is COC(=O)[C@@H]1CC(=O)C=C(O)C1. The van der Waals surface area contributed by atoms with E-state index in [4.69, 9.17) is 5.11 Å². The fraction of sp³-hybridized carbons (Fsp3) is 0.500. The van der Waals surface area contributed by atoms with Gasteiger partial charge in [-0.15, -0.1) is 0 Å². The number of allylic oxidation sites excluding steroid dienone is 2. The number of aliphatic hydroxyl groups is 1. The molecule has 0 bridgehead atoms. The van der Waals surface area contributed by atoms with Crippen LogP contribution in [0.15, 0.2) is 11.8 Å². The lowest BCUT2D eigenvalue weighted by Crippen LogP contribution is -2.23. The Labute approximate surface area is 69.8 Å². The number of carbonyl (C=O) groups excluding carboxylic acids is 2. The van der Waals surface area contributed by atoms with Gasteiger partial charge in [0.2, 0.25) is 0 Å². The van der Waals surface area contributed by atoms with E-state index in [-0.39, 0.29) is 24.4 Å². The van der Waals surface area contributed by atoms with Crippen LogP contribution in [-0.2, 0) is 14.3 Å². The number of ether oxygens (including phenoxy) is 1. The quantitative estimate of drug-likeness (QED) is 0.584. The molecule has 0 aromatic heterocycles. The minimum atomic E-state index is -0.507. The maximum Gasteiger partial charge on any atom is 0.309 e. The first-order valence-electron chi connectivity index (χ1n) is 3.63. The number of ketones is 1. The van der Waals surface area contributed by atoms with E-state index in [0.29, 0.717) is 0 Å². The summed E-state index contributed by atoms with van der Waals surface area (Å²) in [4.78, 5) is 21.8. The number of hydrogen-bond acceptors (Lipinski definition) is 4. The molecule has 66 valence electrons. The molecular weight excluding hydrogens is 160 g/mol. The first-order valence-corrected chi connectivity index (χ1v) is 3.63. The van der Waals surface area contributed by atoms with Crippen molar-refractivity contribution in [3.8, 4) is 0 Å². The highest BCUT2D eigenvalue weighted by Crippen LogP contribution is 2.21. The molecule has 1 N–H and O–H groups in total. The van der Waals surface area contributed by atoms with Crippen molar-refractivity contribution in [2.45, 2.75) is 12.8 Å². The highest BCUT2D eigenvalue weighted by molar-refractivity contribution is 5.94. The van der Waals surface area contributed by atoms with Gasteiger partial charge in [0.15, 0.2) is 5.78 Å². The van der Waals surface area contributed by atoms with Crippen molar-refractivity contribution in [1.82, 2.24) is 0 Å². The Balaban J connectivity index is 2.67. The third kappa shape index (κ3) is 1.84. The van der Waals surface area contributed by atoms with Crippen molar-refractivity contribution in [1.29, 1.82) is 0 Å². The smallest absolute Gasteiger partial charge is 0.309 e. The highest BCUT2D eigenvalue weighted by atomic mass is 16.5. The van der Waals surface area contributed by atoms with Gasteiger partial charge in [-0.3, -0.25) is 9.59 Å². The minimum Gasteiger partial charge on any atom is -0.512 e. The lowest BCUT2D eigenvalue weighted by Gasteiger charge is -2.16. The zero-order valence-electron chi connectivity index (χ0n) is 6.74. The van der Waals surface area contributed by atoms with E-state index in [1.807, 2.05) is 0 Å². The van der Waals surface area contributed by atoms with Crippen LogP contribution in [0.25, 0.3) is 0 Å². The molecule has 0 spiro atoms. The largest absolute Gasteiger partial charge is 0.512 e.